The van der Waals surface area contributed by atoms with Crippen LogP contribution in [0.4, 0.5) is 0 Å². The van der Waals surface area contributed by atoms with Gasteiger partial charge in [0.25, 0.3) is 0 Å². The topological polar surface area (TPSA) is 77.7 Å². The van der Waals surface area contributed by atoms with Gasteiger partial charge in [-0.1, -0.05) is 11.2 Å². The van der Waals surface area contributed by atoms with Gasteiger partial charge < -0.3 is 18.9 Å². The van der Waals surface area contributed by atoms with Gasteiger partial charge in [-0.2, -0.15) is 4.98 Å². The summed E-state index contributed by atoms with van der Waals surface area (Å²) in [4.78, 5) is 18.4. The lowest BCUT2D eigenvalue weighted by Gasteiger charge is -2.21. The van der Waals surface area contributed by atoms with Gasteiger partial charge in [0.2, 0.25) is 11.8 Å². The van der Waals surface area contributed by atoms with Crippen LogP contribution in [0.25, 0.3) is 0 Å². The molecule has 7 heteroatoms. The van der Waals surface area contributed by atoms with E-state index < -0.39 is 0 Å². The van der Waals surface area contributed by atoms with Gasteiger partial charge >= 0.3 is 0 Å². The SMILES string of the molecule is CCN(Cc1ccc(OC)c(OC)c1)C(=O)CCCc1nc(C)no1. The van der Waals surface area contributed by atoms with E-state index in [1.54, 1.807) is 21.1 Å². The Morgan fingerprint density at radius 1 is 1.24 bits per heavy atom. The summed E-state index contributed by atoms with van der Waals surface area (Å²) in [5.41, 5.74) is 1.00. The summed E-state index contributed by atoms with van der Waals surface area (Å²) in [7, 11) is 3.20. The molecule has 0 aliphatic carbocycles. The van der Waals surface area contributed by atoms with Crippen LogP contribution in [0.5, 0.6) is 11.5 Å². The summed E-state index contributed by atoms with van der Waals surface area (Å²) >= 11 is 0. The Morgan fingerprint density at radius 3 is 2.60 bits per heavy atom. The van der Waals surface area contributed by atoms with Gasteiger partial charge in [0.15, 0.2) is 17.3 Å². The number of amides is 1. The summed E-state index contributed by atoms with van der Waals surface area (Å²) in [5.74, 6) is 2.64. The maximum atomic E-state index is 12.5. The third-order valence-electron chi connectivity index (χ3n) is 3.91. The van der Waals surface area contributed by atoms with Gasteiger partial charge in [-0.25, -0.2) is 0 Å². The molecular formula is C18H25N3O4. The molecule has 0 N–H and O–H groups in total. The van der Waals surface area contributed by atoms with Crippen molar-refractivity contribution in [3.8, 4) is 11.5 Å². The minimum absolute atomic E-state index is 0.105. The van der Waals surface area contributed by atoms with E-state index in [2.05, 4.69) is 10.1 Å². The fourth-order valence-electron chi connectivity index (χ4n) is 2.57. The molecule has 0 atom stereocenters. The third-order valence-corrected chi connectivity index (χ3v) is 3.91. The molecule has 25 heavy (non-hydrogen) atoms. The van der Waals surface area contributed by atoms with Crippen molar-refractivity contribution in [3.05, 3.63) is 35.5 Å². The molecule has 0 aliphatic heterocycles. The van der Waals surface area contributed by atoms with Gasteiger partial charge in [-0.05, 0) is 38.0 Å². The van der Waals surface area contributed by atoms with E-state index in [0.29, 0.717) is 55.6 Å². The van der Waals surface area contributed by atoms with Gasteiger partial charge in [0.1, 0.15) is 0 Å². The highest BCUT2D eigenvalue weighted by atomic mass is 16.5. The number of carbonyl (C=O) groups excluding carboxylic acids is 1. The van der Waals surface area contributed by atoms with Crippen molar-refractivity contribution in [1.82, 2.24) is 15.0 Å². The summed E-state index contributed by atoms with van der Waals surface area (Å²) in [6.07, 6.45) is 1.74. The predicted molar refractivity (Wildman–Crippen MR) is 92.6 cm³/mol. The van der Waals surface area contributed by atoms with Crippen LogP contribution in [0.3, 0.4) is 0 Å². The average Bonchev–Trinajstić information content (AvgIpc) is 3.04. The standard InChI is InChI=1S/C18H25N3O4/c1-5-21(12-14-9-10-15(23-3)16(11-14)24-4)18(22)8-6-7-17-19-13(2)20-25-17/h9-11H,5-8,12H2,1-4H3. The molecule has 1 heterocycles. The van der Waals surface area contributed by atoms with Crippen molar-refractivity contribution in [1.29, 1.82) is 0 Å². The number of hydrogen-bond acceptors (Lipinski definition) is 6. The molecule has 0 bridgehead atoms. The molecule has 0 radical (unpaired) electrons. The van der Waals surface area contributed by atoms with Crippen molar-refractivity contribution >= 4 is 5.91 Å². The fourth-order valence-corrected chi connectivity index (χ4v) is 2.57. The molecule has 0 fully saturated rings. The van der Waals surface area contributed by atoms with Crippen molar-refractivity contribution in [2.45, 2.75) is 39.7 Å². The lowest BCUT2D eigenvalue weighted by molar-refractivity contribution is -0.131. The molecule has 0 aliphatic rings. The quantitative estimate of drug-likeness (QED) is 0.694. The molecule has 136 valence electrons. The molecule has 0 unspecified atom stereocenters. The molecule has 2 rings (SSSR count). The Hall–Kier alpha value is -2.57. The Bertz CT molecular complexity index is 699. The number of benzene rings is 1. The second-order valence-corrected chi connectivity index (χ2v) is 5.69. The second-order valence-electron chi connectivity index (χ2n) is 5.69. The molecule has 0 saturated heterocycles. The van der Waals surface area contributed by atoms with Crippen LogP contribution in [-0.2, 0) is 17.8 Å². The van der Waals surface area contributed by atoms with E-state index >= 15 is 0 Å². The van der Waals surface area contributed by atoms with Crippen LogP contribution in [-0.4, -0.2) is 41.7 Å². The number of aryl methyl sites for hydroxylation is 2. The Morgan fingerprint density at radius 2 is 2.00 bits per heavy atom. The Labute approximate surface area is 147 Å². The zero-order valence-electron chi connectivity index (χ0n) is 15.2. The monoisotopic (exact) mass is 347 g/mol. The van der Waals surface area contributed by atoms with E-state index in [4.69, 9.17) is 14.0 Å². The number of ether oxygens (including phenoxy) is 2. The fraction of sp³-hybridized carbons (Fsp3) is 0.500. The number of rotatable bonds is 9. The number of nitrogens with zero attached hydrogens (tertiary/aromatic N) is 3. The van der Waals surface area contributed by atoms with Crippen LogP contribution in [0.1, 0.15) is 37.0 Å². The maximum Gasteiger partial charge on any atom is 0.226 e. The Kier molecular flexibility index (Phi) is 6.80. The van der Waals surface area contributed by atoms with Crippen LogP contribution in [0.15, 0.2) is 22.7 Å². The van der Waals surface area contributed by atoms with Crippen molar-refractivity contribution < 1.29 is 18.8 Å². The third kappa shape index (κ3) is 5.20. The lowest BCUT2D eigenvalue weighted by atomic mass is 10.1. The zero-order chi connectivity index (χ0) is 18.2. The van der Waals surface area contributed by atoms with Gasteiger partial charge in [-0.15, -0.1) is 0 Å². The number of carbonyl (C=O) groups is 1. The highest BCUT2D eigenvalue weighted by Gasteiger charge is 2.14. The summed E-state index contributed by atoms with van der Waals surface area (Å²) in [5, 5.41) is 3.75. The number of hydrogen-bond donors (Lipinski definition) is 0. The molecule has 2 aromatic rings. The van der Waals surface area contributed by atoms with Gasteiger partial charge in [0.05, 0.1) is 14.2 Å². The Balaban J connectivity index is 1.91. The predicted octanol–water partition coefficient (Wildman–Crippen LogP) is 2.77. The van der Waals surface area contributed by atoms with Crippen LogP contribution >= 0.6 is 0 Å². The molecule has 1 amide bonds. The molecular weight excluding hydrogens is 322 g/mol. The van der Waals surface area contributed by atoms with E-state index in [0.717, 1.165) is 5.56 Å². The van der Waals surface area contributed by atoms with E-state index in [9.17, 15) is 4.79 Å². The normalized spacial score (nSPS) is 10.6. The highest BCUT2D eigenvalue weighted by Crippen LogP contribution is 2.28. The highest BCUT2D eigenvalue weighted by molar-refractivity contribution is 5.76. The van der Waals surface area contributed by atoms with Crippen molar-refractivity contribution in [2.75, 3.05) is 20.8 Å². The van der Waals surface area contributed by atoms with Crippen LogP contribution in [0, 0.1) is 6.92 Å². The van der Waals surface area contributed by atoms with E-state index in [1.165, 1.54) is 0 Å². The largest absolute Gasteiger partial charge is 0.493 e. The average molecular weight is 347 g/mol. The summed E-state index contributed by atoms with van der Waals surface area (Å²) in [6.45, 7) is 4.93. The molecule has 1 aromatic heterocycles. The lowest BCUT2D eigenvalue weighted by Crippen LogP contribution is -2.30. The molecule has 1 aromatic carbocycles. The molecule has 0 spiro atoms. The molecule has 0 saturated carbocycles. The molecule has 7 nitrogen and oxygen atoms in total. The first kappa shape index (κ1) is 18.8. The van der Waals surface area contributed by atoms with Gasteiger partial charge in [0, 0.05) is 25.9 Å². The van der Waals surface area contributed by atoms with Crippen LogP contribution < -0.4 is 9.47 Å². The van der Waals surface area contributed by atoms with Crippen molar-refractivity contribution in [3.63, 3.8) is 0 Å². The second kappa shape index (κ2) is 9.05. The van der Waals surface area contributed by atoms with Gasteiger partial charge in [-0.3, -0.25) is 4.79 Å². The first-order valence-electron chi connectivity index (χ1n) is 8.35. The number of methoxy groups -OCH3 is 2. The first-order chi connectivity index (χ1) is 12.1. The summed E-state index contributed by atoms with van der Waals surface area (Å²) in [6, 6.07) is 5.69. The minimum atomic E-state index is 0.105. The van der Waals surface area contributed by atoms with E-state index in [-0.39, 0.29) is 5.91 Å². The minimum Gasteiger partial charge on any atom is -0.493 e. The number of aromatic nitrogens is 2. The van der Waals surface area contributed by atoms with Crippen molar-refractivity contribution in [2.24, 2.45) is 0 Å². The van der Waals surface area contributed by atoms with E-state index in [1.807, 2.05) is 30.0 Å². The summed E-state index contributed by atoms with van der Waals surface area (Å²) < 4.78 is 15.6. The van der Waals surface area contributed by atoms with Crippen LogP contribution in [0.2, 0.25) is 0 Å². The maximum absolute atomic E-state index is 12.5. The smallest absolute Gasteiger partial charge is 0.226 e. The zero-order valence-corrected chi connectivity index (χ0v) is 15.2. The first-order valence-corrected chi connectivity index (χ1v) is 8.35.